The highest BCUT2D eigenvalue weighted by Crippen LogP contribution is 2.25. The summed E-state index contributed by atoms with van der Waals surface area (Å²) in [5.74, 6) is -0.746. The minimum Gasteiger partial charge on any atom is -0.392 e. The molecule has 0 aromatic heterocycles. The second-order valence-corrected chi connectivity index (χ2v) is 7.78. The molecule has 1 aromatic rings. The minimum absolute atomic E-state index is 0.0399. The second kappa shape index (κ2) is 6.20. The van der Waals surface area contributed by atoms with Crippen LogP contribution in [0.3, 0.4) is 0 Å². The maximum atomic E-state index is 13.8. The van der Waals surface area contributed by atoms with Crippen molar-refractivity contribution in [3.63, 3.8) is 0 Å². The monoisotopic (exact) mass is 303 g/mol. The lowest BCUT2D eigenvalue weighted by Crippen LogP contribution is -2.34. The van der Waals surface area contributed by atoms with Crippen LogP contribution in [0.1, 0.15) is 33.3 Å². The van der Waals surface area contributed by atoms with Crippen LogP contribution in [0.5, 0.6) is 0 Å². The minimum atomic E-state index is -3.88. The number of aliphatic hydroxyl groups is 1. The van der Waals surface area contributed by atoms with E-state index in [0.717, 1.165) is 6.07 Å². The number of hydrogen-bond donors (Lipinski definition) is 2. The Morgan fingerprint density at radius 3 is 2.40 bits per heavy atom. The summed E-state index contributed by atoms with van der Waals surface area (Å²) in [6.45, 7) is 7.90. The molecule has 0 aliphatic carbocycles. The van der Waals surface area contributed by atoms with E-state index < -0.39 is 20.7 Å². The molecule has 6 heteroatoms. The summed E-state index contributed by atoms with van der Waals surface area (Å²) in [6.07, 6.45) is 0. The van der Waals surface area contributed by atoms with E-state index in [0.29, 0.717) is 5.56 Å². The predicted molar refractivity (Wildman–Crippen MR) is 76.1 cm³/mol. The van der Waals surface area contributed by atoms with Crippen LogP contribution >= 0.6 is 0 Å². The third kappa shape index (κ3) is 4.26. The van der Waals surface area contributed by atoms with E-state index in [4.69, 9.17) is 5.11 Å². The van der Waals surface area contributed by atoms with Crippen LogP contribution in [-0.2, 0) is 16.6 Å². The summed E-state index contributed by atoms with van der Waals surface area (Å²) in [7, 11) is -3.88. The summed E-state index contributed by atoms with van der Waals surface area (Å²) in [6, 6.07) is 3.59. The number of nitrogens with one attached hydrogen (secondary N) is 1. The Balaban J connectivity index is 2.90. The van der Waals surface area contributed by atoms with Crippen molar-refractivity contribution in [3.05, 3.63) is 29.6 Å². The standard InChI is InChI=1S/C14H22FNO3S/c1-10(14(2,3)4)8-16-20(18,19)13-6-5-11(9-17)7-12(13)15/h5-7,10,16-17H,8-9H2,1-4H3. The SMILES string of the molecule is CC(CNS(=O)(=O)c1ccc(CO)cc1F)C(C)(C)C. The van der Waals surface area contributed by atoms with Crippen molar-refractivity contribution in [2.45, 2.75) is 39.2 Å². The molecule has 2 N–H and O–H groups in total. The lowest BCUT2D eigenvalue weighted by molar-refractivity contribution is 0.263. The quantitative estimate of drug-likeness (QED) is 0.877. The van der Waals surface area contributed by atoms with Crippen LogP contribution in [-0.4, -0.2) is 20.1 Å². The van der Waals surface area contributed by atoms with Crippen molar-refractivity contribution in [1.82, 2.24) is 4.72 Å². The van der Waals surface area contributed by atoms with Gasteiger partial charge in [-0.1, -0.05) is 33.8 Å². The smallest absolute Gasteiger partial charge is 0.243 e. The fourth-order valence-corrected chi connectivity index (χ4v) is 2.67. The van der Waals surface area contributed by atoms with Gasteiger partial charge < -0.3 is 5.11 Å². The molecule has 0 radical (unpaired) electrons. The average molecular weight is 303 g/mol. The Morgan fingerprint density at radius 1 is 1.35 bits per heavy atom. The number of aliphatic hydroxyl groups excluding tert-OH is 1. The molecular weight excluding hydrogens is 281 g/mol. The second-order valence-electron chi connectivity index (χ2n) is 6.04. The molecule has 0 bridgehead atoms. The van der Waals surface area contributed by atoms with Crippen LogP contribution in [0.25, 0.3) is 0 Å². The summed E-state index contributed by atoms with van der Waals surface area (Å²) in [5, 5.41) is 8.89. The topological polar surface area (TPSA) is 66.4 Å². The zero-order chi connectivity index (χ0) is 15.6. The normalized spacial score (nSPS) is 14.3. The van der Waals surface area contributed by atoms with E-state index in [1.807, 2.05) is 27.7 Å². The largest absolute Gasteiger partial charge is 0.392 e. The van der Waals surface area contributed by atoms with Gasteiger partial charge in [0.2, 0.25) is 10.0 Å². The lowest BCUT2D eigenvalue weighted by atomic mass is 9.82. The van der Waals surface area contributed by atoms with Crippen molar-refractivity contribution < 1.29 is 17.9 Å². The van der Waals surface area contributed by atoms with Gasteiger partial charge in [-0.15, -0.1) is 0 Å². The number of hydrogen-bond acceptors (Lipinski definition) is 3. The van der Waals surface area contributed by atoms with Gasteiger partial charge in [-0.25, -0.2) is 17.5 Å². The van der Waals surface area contributed by atoms with Gasteiger partial charge in [0, 0.05) is 6.54 Å². The van der Waals surface area contributed by atoms with Gasteiger partial charge >= 0.3 is 0 Å². The molecule has 114 valence electrons. The van der Waals surface area contributed by atoms with Crippen LogP contribution < -0.4 is 4.72 Å². The maximum absolute atomic E-state index is 13.8. The molecule has 0 saturated heterocycles. The van der Waals surface area contributed by atoms with Gasteiger partial charge in [-0.2, -0.15) is 0 Å². The van der Waals surface area contributed by atoms with Gasteiger partial charge in [-0.3, -0.25) is 0 Å². The van der Waals surface area contributed by atoms with Crippen molar-refractivity contribution >= 4 is 10.0 Å². The highest BCUT2D eigenvalue weighted by Gasteiger charge is 2.24. The summed E-state index contributed by atoms with van der Waals surface area (Å²) in [5.41, 5.74) is 0.298. The molecule has 0 heterocycles. The van der Waals surface area contributed by atoms with Crippen LogP contribution in [0.2, 0.25) is 0 Å². The molecule has 1 aromatic carbocycles. The van der Waals surface area contributed by atoms with Gasteiger partial charge in [0.15, 0.2) is 0 Å². The number of halogens is 1. The maximum Gasteiger partial charge on any atom is 0.243 e. The molecule has 0 spiro atoms. The molecule has 1 atom stereocenters. The summed E-state index contributed by atoms with van der Waals surface area (Å²) >= 11 is 0. The van der Waals surface area contributed by atoms with Gasteiger partial charge in [0.25, 0.3) is 0 Å². The zero-order valence-electron chi connectivity index (χ0n) is 12.3. The molecule has 4 nitrogen and oxygen atoms in total. The first-order valence-electron chi connectivity index (χ1n) is 6.47. The summed E-state index contributed by atoms with van der Waals surface area (Å²) in [4.78, 5) is -0.393. The fourth-order valence-electron chi connectivity index (χ4n) is 1.48. The first-order chi connectivity index (χ1) is 9.08. The summed E-state index contributed by atoms with van der Waals surface area (Å²) < 4.78 is 40.3. The number of benzene rings is 1. The average Bonchev–Trinajstić information content (AvgIpc) is 2.34. The highest BCUT2D eigenvalue weighted by atomic mass is 32.2. The molecule has 1 unspecified atom stereocenters. The van der Waals surface area contributed by atoms with Crippen LogP contribution in [0.4, 0.5) is 4.39 Å². The van der Waals surface area contributed by atoms with Gasteiger partial charge in [0.1, 0.15) is 10.7 Å². The lowest BCUT2D eigenvalue weighted by Gasteiger charge is -2.27. The third-order valence-electron chi connectivity index (χ3n) is 3.53. The van der Waals surface area contributed by atoms with E-state index >= 15 is 0 Å². The zero-order valence-corrected chi connectivity index (χ0v) is 13.1. The molecule has 1 rings (SSSR count). The fraction of sp³-hybridized carbons (Fsp3) is 0.571. The molecule has 0 fully saturated rings. The molecular formula is C14H22FNO3S. The van der Waals surface area contributed by atoms with E-state index in [9.17, 15) is 12.8 Å². The number of sulfonamides is 1. The van der Waals surface area contributed by atoms with Gasteiger partial charge in [-0.05, 0) is 29.0 Å². The van der Waals surface area contributed by atoms with Crippen LogP contribution in [0, 0.1) is 17.2 Å². The first-order valence-corrected chi connectivity index (χ1v) is 7.95. The van der Waals surface area contributed by atoms with E-state index in [1.165, 1.54) is 12.1 Å². The van der Waals surface area contributed by atoms with Crippen molar-refractivity contribution in [3.8, 4) is 0 Å². The van der Waals surface area contributed by atoms with Crippen molar-refractivity contribution in [2.24, 2.45) is 11.3 Å². The van der Waals surface area contributed by atoms with E-state index in [2.05, 4.69) is 4.72 Å². The predicted octanol–water partition coefficient (Wildman–Crippen LogP) is 2.28. The van der Waals surface area contributed by atoms with E-state index in [-0.39, 0.29) is 24.5 Å². The van der Waals surface area contributed by atoms with Crippen LogP contribution in [0.15, 0.2) is 23.1 Å². The molecule has 20 heavy (non-hydrogen) atoms. The molecule has 0 aliphatic rings. The Kier molecular flexibility index (Phi) is 5.29. The van der Waals surface area contributed by atoms with Crippen molar-refractivity contribution in [2.75, 3.05) is 6.54 Å². The Morgan fingerprint density at radius 2 is 1.95 bits per heavy atom. The Labute approximate surface area is 120 Å². The number of rotatable bonds is 5. The van der Waals surface area contributed by atoms with Crippen molar-refractivity contribution in [1.29, 1.82) is 0 Å². The Bertz CT molecular complexity index is 564. The Hall–Kier alpha value is -0.980. The molecule has 0 aliphatic heterocycles. The first kappa shape index (κ1) is 17.1. The van der Waals surface area contributed by atoms with E-state index in [1.54, 1.807) is 0 Å². The molecule has 0 amide bonds. The molecule has 0 saturated carbocycles. The highest BCUT2D eigenvalue weighted by molar-refractivity contribution is 7.89. The third-order valence-corrected chi connectivity index (χ3v) is 4.98. The van der Waals surface area contributed by atoms with Gasteiger partial charge in [0.05, 0.1) is 6.61 Å².